The quantitative estimate of drug-likeness (QED) is 0.352. The molecule has 3 aromatic carbocycles. The monoisotopic (exact) mass is 526 g/mol. The Labute approximate surface area is 211 Å². The molecule has 12 heteroatoms. The van der Waals surface area contributed by atoms with E-state index in [1.54, 1.807) is 42.5 Å². The molecule has 0 unspecified atom stereocenters. The van der Waals surface area contributed by atoms with Crippen LogP contribution in [0.1, 0.15) is 6.42 Å². The lowest BCUT2D eigenvalue weighted by Crippen LogP contribution is -2.46. The molecule has 1 heterocycles. The Balaban J connectivity index is 1.64. The number of fused-ring (bicyclic) bond motifs is 1. The van der Waals surface area contributed by atoms with Crippen LogP contribution in [0.15, 0.2) is 71.5 Å². The smallest absolute Gasteiger partial charge is 0.327 e. The summed E-state index contributed by atoms with van der Waals surface area (Å²) in [6.07, 6.45) is 0.651. The molecule has 1 atom stereocenters. The first kappa shape index (κ1) is 25.8. The van der Waals surface area contributed by atoms with Gasteiger partial charge in [0.25, 0.3) is 5.56 Å². The van der Waals surface area contributed by atoms with E-state index >= 15 is 0 Å². The van der Waals surface area contributed by atoms with E-state index in [2.05, 4.69) is 10.3 Å². The van der Waals surface area contributed by atoms with Crippen molar-refractivity contribution >= 4 is 32.6 Å². The van der Waals surface area contributed by atoms with Crippen molar-refractivity contribution < 1.29 is 27.4 Å². The summed E-state index contributed by atoms with van der Waals surface area (Å²) in [5.41, 5.74) is 1.15. The predicted octanol–water partition coefficient (Wildman–Crippen LogP) is 2.92. The van der Waals surface area contributed by atoms with Crippen LogP contribution in [0.4, 0.5) is 10.1 Å². The molecule has 0 saturated heterocycles. The molecule has 192 valence electrons. The average Bonchev–Trinajstić information content (AvgIpc) is 2.87. The maximum atomic E-state index is 14.1. The molecule has 0 aliphatic heterocycles. The number of halogens is 1. The highest BCUT2D eigenvalue weighted by Crippen LogP contribution is 2.29. The number of methoxy groups -OCH3 is 1. The van der Waals surface area contributed by atoms with Gasteiger partial charge in [-0.2, -0.15) is 0 Å². The van der Waals surface area contributed by atoms with Gasteiger partial charge in [0.2, 0.25) is 10.0 Å². The van der Waals surface area contributed by atoms with Crippen LogP contribution in [0.3, 0.4) is 0 Å². The van der Waals surface area contributed by atoms with Crippen molar-refractivity contribution in [2.45, 2.75) is 19.0 Å². The summed E-state index contributed by atoms with van der Waals surface area (Å²) in [5, 5.41) is 18.1. The molecule has 10 nitrogen and oxygen atoms in total. The van der Waals surface area contributed by atoms with Crippen LogP contribution >= 0.6 is 0 Å². The third-order valence-corrected chi connectivity index (χ3v) is 6.96. The second-order valence-electron chi connectivity index (χ2n) is 8.23. The van der Waals surface area contributed by atoms with Crippen LogP contribution < -0.4 is 14.6 Å². The molecule has 0 aliphatic rings. The number of benzene rings is 3. The first-order valence-electron chi connectivity index (χ1n) is 11.1. The second kappa shape index (κ2) is 10.3. The molecule has 4 aromatic rings. The molecule has 37 heavy (non-hydrogen) atoms. The van der Waals surface area contributed by atoms with Crippen molar-refractivity contribution in [1.82, 2.24) is 15.0 Å². The SMILES string of the molecule is COc1ccc(-c2ccc(N([C@H](CCn3nnc4ccccc4c3=O)C(=O)O)S(C)(=O)=O)cc2)cc1F. The van der Waals surface area contributed by atoms with Gasteiger partial charge in [-0.1, -0.05) is 35.5 Å². The minimum Gasteiger partial charge on any atom is -0.494 e. The normalized spacial score (nSPS) is 12.3. The minimum absolute atomic E-state index is 0.0862. The highest BCUT2D eigenvalue weighted by molar-refractivity contribution is 7.92. The number of carbonyl (C=O) groups is 1. The van der Waals surface area contributed by atoms with Crippen LogP contribution in [0, 0.1) is 5.82 Å². The number of aryl methyl sites for hydroxylation is 1. The number of aliphatic carboxylic acids is 1. The van der Waals surface area contributed by atoms with Gasteiger partial charge in [-0.15, -0.1) is 5.10 Å². The Bertz CT molecular complexity index is 1620. The van der Waals surface area contributed by atoms with Crippen LogP contribution in [0.2, 0.25) is 0 Å². The number of ether oxygens (including phenoxy) is 1. The maximum Gasteiger partial charge on any atom is 0.327 e. The Morgan fingerprint density at radius 2 is 1.78 bits per heavy atom. The van der Waals surface area contributed by atoms with Gasteiger partial charge in [-0.25, -0.2) is 22.3 Å². The highest BCUT2D eigenvalue weighted by Gasteiger charge is 2.33. The highest BCUT2D eigenvalue weighted by atomic mass is 32.2. The van der Waals surface area contributed by atoms with Crippen LogP contribution in [0.5, 0.6) is 5.75 Å². The van der Waals surface area contributed by atoms with Gasteiger partial charge in [-0.3, -0.25) is 9.10 Å². The molecular formula is C25H23FN4O6S. The Kier molecular flexibility index (Phi) is 7.21. The molecule has 0 aliphatic carbocycles. The fraction of sp³-hybridized carbons (Fsp3) is 0.200. The van der Waals surface area contributed by atoms with E-state index in [0.29, 0.717) is 22.0 Å². The van der Waals surface area contributed by atoms with E-state index in [4.69, 9.17) is 4.74 Å². The molecule has 0 spiro atoms. The van der Waals surface area contributed by atoms with Crippen LogP contribution in [-0.2, 0) is 21.4 Å². The summed E-state index contributed by atoms with van der Waals surface area (Å²) < 4.78 is 46.3. The first-order valence-corrected chi connectivity index (χ1v) is 12.9. The van der Waals surface area contributed by atoms with E-state index < -0.39 is 33.4 Å². The molecule has 0 amide bonds. The molecule has 4 rings (SSSR count). The molecule has 0 saturated carbocycles. The fourth-order valence-corrected chi connectivity index (χ4v) is 5.17. The third-order valence-electron chi connectivity index (χ3n) is 5.78. The number of nitrogens with zero attached hydrogens (tertiary/aromatic N) is 4. The third kappa shape index (κ3) is 5.43. The van der Waals surface area contributed by atoms with E-state index in [0.717, 1.165) is 15.2 Å². The lowest BCUT2D eigenvalue weighted by atomic mass is 10.0. The zero-order valence-electron chi connectivity index (χ0n) is 19.9. The number of aromatic nitrogens is 3. The molecule has 1 N–H and O–H groups in total. The zero-order valence-corrected chi connectivity index (χ0v) is 20.7. The number of rotatable bonds is 9. The number of carboxylic acid groups (broad SMARTS) is 1. The van der Waals surface area contributed by atoms with Crippen molar-refractivity contribution in [1.29, 1.82) is 0 Å². The summed E-state index contributed by atoms with van der Waals surface area (Å²) >= 11 is 0. The van der Waals surface area contributed by atoms with Crippen molar-refractivity contribution in [3.63, 3.8) is 0 Å². The van der Waals surface area contributed by atoms with Gasteiger partial charge in [0.05, 0.1) is 24.4 Å². The van der Waals surface area contributed by atoms with Crippen molar-refractivity contribution in [3.8, 4) is 16.9 Å². The van der Waals surface area contributed by atoms with Crippen molar-refractivity contribution in [2.24, 2.45) is 0 Å². The van der Waals surface area contributed by atoms with Crippen molar-refractivity contribution in [2.75, 3.05) is 17.7 Å². The summed E-state index contributed by atoms with van der Waals surface area (Å²) in [5.74, 6) is -1.86. The van der Waals surface area contributed by atoms with Gasteiger partial charge < -0.3 is 9.84 Å². The van der Waals surface area contributed by atoms with Gasteiger partial charge in [-0.05, 0) is 53.9 Å². The van der Waals surface area contributed by atoms with Crippen LogP contribution in [-0.4, -0.2) is 53.9 Å². The zero-order chi connectivity index (χ0) is 26.7. The fourth-order valence-electron chi connectivity index (χ4n) is 4.00. The van der Waals surface area contributed by atoms with E-state index in [1.807, 2.05) is 0 Å². The van der Waals surface area contributed by atoms with Crippen molar-refractivity contribution in [3.05, 3.63) is 82.9 Å². The average molecular weight is 527 g/mol. The maximum absolute atomic E-state index is 14.1. The molecule has 0 bridgehead atoms. The standard InChI is InChI=1S/C25H23FN4O6S/c1-36-23-12-9-17(15-20(23)26)16-7-10-18(11-8-16)30(37(2,34)35)22(25(32)33)13-14-29-24(31)19-5-3-4-6-21(19)27-28-29/h3-12,15,22H,13-14H2,1-2H3,(H,32,33)/t22-/m1/s1. The molecular weight excluding hydrogens is 503 g/mol. The van der Waals surface area contributed by atoms with Gasteiger partial charge in [0, 0.05) is 6.54 Å². The molecule has 0 fully saturated rings. The molecule has 0 radical (unpaired) electrons. The summed E-state index contributed by atoms with van der Waals surface area (Å²) in [4.78, 5) is 24.9. The molecule has 1 aromatic heterocycles. The number of carboxylic acids is 1. The topological polar surface area (TPSA) is 132 Å². The van der Waals surface area contributed by atoms with E-state index in [-0.39, 0.29) is 24.4 Å². The number of hydrogen-bond donors (Lipinski definition) is 1. The van der Waals surface area contributed by atoms with E-state index in [9.17, 15) is 27.5 Å². The summed E-state index contributed by atoms with van der Waals surface area (Å²) in [6, 6.07) is 15.5. The minimum atomic E-state index is -4.05. The summed E-state index contributed by atoms with van der Waals surface area (Å²) in [6.45, 7) is -0.178. The van der Waals surface area contributed by atoms with Gasteiger partial charge >= 0.3 is 5.97 Å². The Hall–Kier alpha value is -4.32. The predicted molar refractivity (Wildman–Crippen MR) is 136 cm³/mol. The van der Waals surface area contributed by atoms with Gasteiger partial charge in [0.1, 0.15) is 11.6 Å². The second-order valence-corrected chi connectivity index (χ2v) is 10.1. The van der Waals surface area contributed by atoms with Crippen LogP contribution in [0.25, 0.3) is 22.0 Å². The lowest BCUT2D eigenvalue weighted by molar-refractivity contribution is -0.138. The Morgan fingerprint density at radius 1 is 1.11 bits per heavy atom. The number of sulfonamides is 1. The lowest BCUT2D eigenvalue weighted by Gasteiger charge is -2.29. The first-order chi connectivity index (χ1) is 17.6. The van der Waals surface area contributed by atoms with E-state index in [1.165, 1.54) is 31.4 Å². The number of anilines is 1. The largest absolute Gasteiger partial charge is 0.494 e. The Morgan fingerprint density at radius 3 is 2.41 bits per heavy atom. The van der Waals surface area contributed by atoms with Gasteiger partial charge in [0.15, 0.2) is 11.6 Å². The number of hydrogen-bond acceptors (Lipinski definition) is 7. The summed E-state index contributed by atoms with van der Waals surface area (Å²) in [7, 11) is -2.70.